The molecular formula is C85H57N7. The van der Waals surface area contributed by atoms with Gasteiger partial charge in [-0.3, -0.25) is 15.0 Å². The average molecular weight is 1180 g/mol. The van der Waals surface area contributed by atoms with E-state index in [-0.39, 0.29) is 0 Å². The van der Waals surface area contributed by atoms with Crippen LogP contribution in [0.5, 0.6) is 0 Å². The minimum atomic E-state index is 0.629. The molecule has 432 valence electrons. The molecule has 0 atom stereocenters. The first-order chi connectivity index (χ1) is 45.6. The van der Waals surface area contributed by atoms with E-state index in [1.54, 1.807) is 0 Å². The van der Waals surface area contributed by atoms with E-state index >= 15 is 0 Å². The van der Waals surface area contributed by atoms with E-state index < -0.39 is 0 Å². The second kappa shape index (κ2) is 24.3. The van der Waals surface area contributed by atoms with E-state index in [0.29, 0.717) is 5.82 Å². The Morgan fingerprint density at radius 1 is 0.228 bits per heavy atom. The molecule has 5 aromatic heterocycles. The molecule has 7 heteroatoms. The lowest BCUT2D eigenvalue weighted by Crippen LogP contribution is -2.12. The molecule has 0 saturated carbocycles. The molecule has 5 heterocycles. The van der Waals surface area contributed by atoms with Crippen LogP contribution in [-0.4, -0.2) is 29.5 Å². The van der Waals surface area contributed by atoms with Gasteiger partial charge in [-0.1, -0.05) is 200 Å². The van der Waals surface area contributed by atoms with Crippen molar-refractivity contribution in [3.8, 4) is 118 Å². The van der Waals surface area contributed by atoms with Crippen molar-refractivity contribution < 1.29 is 0 Å². The summed E-state index contributed by atoms with van der Waals surface area (Å²) in [7, 11) is 0. The Kier molecular flexibility index (Phi) is 14.5. The Bertz CT molecular complexity index is 5160. The van der Waals surface area contributed by atoms with Gasteiger partial charge in [-0.05, 0) is 176 Å². The van der Waals surface area contributed by atoms with Gasteiger partial charge in [-0.2, -0.15) is 0 Å². The number of nitrogens with zero attached hydrogens (tertiary/aromatic N) is 7. The van der Waals surface area contributed by atoms with Crippen LogP contribution in [0.25, 0.3) is 139 Å². The highest BCUT2D eigenvalue weighted by Gasteiger charge is 2.25. The predicted molar refractivity (Wildman–Crippen MR) is 379 cm³/mol. The predicted octanol–water partition coefficient (Wildman–Crippen LogP) is 21.9. The van der Waals surface area contributed by atoms with Crippen LogP contribution < -0.4 is 4.90 Å². The summed E-state index contributed by atoms with van der Waals surface area (Å²) in [5.74, 6) is 0.629. The monoisotopic (exact) mass is 1180 g/mol. The first-order valence-electron chi connectivity index (χ1n) is 30.9. The Hall–Kier alpha value is -12.5. The maximum absolute atomic E-state index is 4.86. The van der Waals surface area contributed by atoms with E-state index in [9.17, 15) is 0 Å². The van der Waals surface area contributed by atoms with Crippen molar-refractivity contribution in [3.05, 3.63) is 346 Å². The molecule has 0 fully saturated rings. The molecule has 7 nitrogen and oxygen atoms in total. The van der Waals surface area contributed by atoms with Gasteiger partial charge in [-0.25, -0.2) is 9.97 Å². The summed E-state index contributed by atoms with van der Waals surface area (Å²) in [4.78, 5) is 26.3. The molecule has 0 aliphatic rings. The third kappa shape index (κ3) is 10.5. The maximum Gasteiger partial charge on any atom is 0.159 e. The summed E-state index contributed by atoms with van der Waals surface area (Å²) in [5, 5.41) is 2.30. The molecule has 0 aliphatic heterocycles. The lowest BCUT2D eigenvalue weighted by molar-refractivity contribution is 1.17. The van der Waals surface area contributed by atoms with Gasteiger partial charge in [0.15, 0.2) is 5.82 Å². The van der Waals surface area contributed by atoms with E-state index in [0.717, 1.165) is 151 Å². The number of benzene rings is 11. The Morgan fingerprint density at radius 3 is 1.24 bits per heavy atom. The lowest BCUT2D eigenvalue weighted by Gasteiger charge is -2.29. The lowest BCUT2D eigenvalue weighted by atomic mass is 9.85. The number of fused-ring (bicyclic) bond motifs is 3. The van der Waals surface area contributed by atoms with Crippen molar-refractivity contribution in [3.63, 3.8) is 0 Å². The summed E-state index contributed by atoms with van der Waals surface area (Å²) in [6.07, 6.45) is 9.17. The van der Waals surface area contributed by atoms with Crippen molar-refractivity contribution in [2.24, 2.45) is 0 Å². The van der Waals surface area contributed by atoms with Crippen molar-refractivity contribution in [1.29, 1.82) is 0 Å². The summed E-state index contributed by atoms with van der Waals surface area (Å²) < 4.78 is 2.37. The number of pyridine rings is 3. The van der Waals surface area contributed by atoms with Gasteiger partial charge in [0.05, 0.1) is 33.8 Å². The van der Waals surface area contributed by atoms with Crippen molar-refractivity contribution in [2.45, 2.75) is 0 Å². The number of para-hydroxylation sites is 2. The highest BCUT2D eigenvalue weighted by atomic mass is 15.1. The molecule has 11 aromatic carbocycles. The number of hydrogen-bond acceptors (Lipinski definition) is 6. The standard InChI is InChI=1S/C85H57N7/c1-2-21-67(22-3-1)92-82-34-11-10-30-76(82)78-57-69(44-46-83(78)92)91(68-23-18-20-62(55-68)81-33-14-17-49-88-81)84-56-63(85-89-50-19-51-90-85)43-45-77(84)75-29-9-8-28-74(75)66-53-64(72-26-6-4-24-70(72)58-35-39-60(40-36-58)79-31-12-15-47-86-79)52-65(54-66)73-27-7-5-25-71(73)59-37-41-61(42-38-59)80-32-13-16-48-87-80/h1-57H. The zero-order valence-electron chi connectivity index (χ0n) is 50.0. The molecule has 0 bridgehead atoms. The summed E-state index contributed by atoms with van der Waals surface area (Å²) in [6.45, 7) is 0. The second-order valence-corrected chi connectivity index (χ2v) is 22.8. The average Bonchev–Trinajstić information content (AvgIpc) is 1.47. The van der Waals surface area contributed by atoms with Crippen LogP contribution in [0.3, 0.4) is 0 Å². The Balaban J connectivity index is 0.921. The fourth-order valence-electron chi connectivity index (χ4n) is 13.0. The first kappa shape index (κ1) is 54.9. The zero-order chi connectivity index (χ0) is 61.2. The van der Waals surface area contributed by atoms with Gasteiger partial charge in [0.1, 0.15) is 0 Å². The van der Waals surface area contributed by atoms with Crippen LogP contribution in [0.4, 0.5) is 17.1 Å². The molecule has 0 amide bonds. The van der Waals surface area contributed by atoms with Crippen LogP contribution in [0.1, 0.15) is 0 Å². The number of rotatable bonds is 14. The van der Waals surface area contributed by atoms with Gasteiger partial charge >= 0.3 is 0 Å². The third-order valence-corrected chi connectivity index (χ3v) is 17.3. The maximum atomic E-state index is 4.86. The molecular weight excluding hydrogens is 1120 g/mol. The molecule has 0 unspecified atom stereocenters. The van der Waals surface area contributed by atoms with Crippen molar-refractivity contribution in [2.75, 3.05) is 4.90 Å². The van der Waals surface area contributed by atoms with E-state index in [1.165, 1.54) is 0 Å². The van der Waals surface area contributed by atoms with Crippen LogP contribution in [0.2, 0.25) is 0 Å². The summed E-state index contributed by atoms with van der Waals surface area (Å²) >= 11 is 0. The van der Waals surface area contributed by atoms with Gasteiger partial charge < -0.3 is 9.47 Å². The highest BCUT2D eigenvalue weighted by Crippen LogP contribution is 2.49. The number of aromatic nitrogens is 6. The molecule has 92 heavy (non-hydrogen) atoms. The van der Waals surface area contributed by atoms with Crippen LogP contribution in [-0.2, 0) is 0 Å². The van der Waals surface area contributed by atoms with Crippen molar-refractivity contribution in [1.82, 2.24) is 29.5 Å². The molecule has 0 saturated heterocycles. The fourth-order valence-corrected chi connectivity index (χ4v) is 13.0. The Morgan fingerprint density at radius 2 is 0.674 bits per heavy atom. The van der Waals surface area contributed by atoms with E-state index in [1.807, 2.05) is 73.4 Å². The molecule has 0 aliphatic carbocycles. The van der Waals surface area contributed by atoms with Crippen LogP contribution in [0.15, 0.2) is 346 Å². The second-order valence-electron chi connectivity index (χ2n) is 22.8. The molecule has 16 rings (SSSR count). The van der Waals surface area contributed by atoms with E-state index in [4.69, 9.17) is 15.0 Å². The number of anilines is 3. The normalized spacial score (nSPS) is 11.3. The fraction of sp³-hybridized carbons (Fsp3) is 0. The first-order valence-corrected chi connectivity index (χ1v) is 30.9. The summed E-state index contributed by atoms with van der Waals surface area (Å²) in [5.41, 5.74) is 26.1. The van der Waals surface area contributed by atoms with Crippen LogP contribution in [0, 0.1) is 0 Å². The molecule has 16 aromatic rings. The van der Waals surface area contributed by atoms with Gasteiger partial charge in [0.25, 0.3) is 0 Å². The minimum absolute atomic E-state index is 0.629. The minimum Gasteiger partial charge on any atom is -0.310 e. The Labute approximate surface area is 534 Å². The van der Waals surface area contributed by atoms with Gasteiger partial charge in [0.2, 0.25) is 0 Å². The van der Waals surface area contributed by atoms with Gasteiger partial charge in [-0.15, -0.1) is 0 Å². The molecule has 0 N–H and O–H groups in total. The van der Waals surface area contributed by atoms with Crippen LogP contribution >= 0.6 is 0 Å². The highest BCUT2D eigenvalue weighted by molar-refractivity contribution is 6.11. The zero-order valence-corrected chi connectivity index (χ0v) is 50.0. The third-order valence-electron chi connectivity index (χ3n) is 17.3. The molecule has 0 spiro atoms. The van der Waals surface area contributed by atoms with E-state index in [2.05, 4.69) is 292 Å². The smallest absolute Gasteiger partial charge is 0.159 e. The van der Waals surface area contributed by atoms with Crippen molar-refractivity contribution >= 4 is 38.9 Å². The number of hydrogen-bond donors (Lipinski definition) is 0. The topological polar surface area (TPSA) is 72.6 Å². The SMILES string of the molecule is c1ccc(-n2c3ccccc3c3cc(N(c4cccc(-c5ccccn5)c4)c4cc(-c5ncccn5)ccc4-c4ccccc4-c4cc(-c5ccccc5-c5ccc(-c6ccccn6)cc5)cc(-c5ccccc5-c5ccc(-c6ccccn6)cc5)c4)ccc32)cc1. The van der Waals surface area contributed by atoms with Gasteiger partial charge in [0, 0.05) is 86.6 Å². The summed E-state index contributed by atoms with van der Waals surface area (Å²) in [6, 6.07) is 113. The molecule has 0 radical (unpaired) electrons. The largest absolute Gasteiger partial charge is 0.310 e. The quantitative estimate of drug-likeness (QED) is 0.108.